The van der Waals surface area contributed by atoms with Gasteiger partial charge in [0.2, 0.25) is 11.8 Å². The molecule has 0 radical (unpaired) electrons. The van der Waals surface area contributed by atoms with Crippen LogP contribution in [0.5, 0.6) is 0 Å². The van der Waals surface area contributed by atoms with Crippen LogP contribution in [-0.2, 0) is 9.59 Å². The van der Waals surface area contributed by atoms with Crippen LogP contribution in [0.25, 0.3) is 0 Å². The Labute approximate surface area is 310 Å². The predicted molar refractivity (Wildman–Crippen MR) is 212 cm³/mol. The number of hydrogen-bond donors (Lipinski definition) is 3. The van der Waals surface area contributed by atoms with E-state index in [4.69, 9.17) is 0 Å². The Kier molecular flexibility index (Phi) is 37.7. The highest BCUT2D eigenvalue weighted by atomic mass is 16.3. The summed E-state index contributed by atoms with van der Waals surface area (Å²) in [6, 6.07) is 0. The van der Waals surface area contributed by atoms with Crippen LogP contribution in [0.4, 0.5) is 0 Å². The summed E-state index contributed by atoms with van der Waals surface area (Å²) in [6.45, 7) is 5.64. The van der Waals surface area contributed by atoms with Crippen LogP contribution in [0.3, 0.4) is 0 Å². The standard InChI is InChI=1S/C43H84N2O5/c1-3-5-7-9-11-13-15-17-18-20-22-24-26-28-30-34-43(50)45(36-32-38-47)40-41(48)39-44(35-31-37-46)42(49)33-29-27-25-23-21-19-16-14-12-10-8-6-4-2/h17-18,41,46-48H,3-16,19-40H2,1-2H3. The smallest absolute Gasteiger partial charge is 0.222 e. The van der Waals surface area contributed by atoms with Gasteiger partial charge in [-0.3, -0.25) is 9.59 Å². The van der Waals surface area contributed by atoms with Crippen molar-refractivity contribution >= 4 is 11.8 Å². The SMILES string of the molecule is CCCCCCCCC=CCCCCCCCC(=O)N(CCCO)CC(O)CN(CCCO)C(=O)CCCCCCCCCCCCCCC. The van der Waals surface area contributed by atoms with Crippen LogP contribution in [0.1, 0.15) is 206 Å². The molecule has 0 fully saturated rings. The van der Waals surface area contributed by atoms with Crippen molar-refractivity contribution in [2.24, 2.45) is 0 Å². The Bertz CT molecular complexity index is 762. The first-order valence-electron chi connectivity index (χ1n) is 21.6. The Balaban J connectivity index is 4.30. The van der Waals surface area contributed by atoms with Crippen LogP contribution < -0.4 is 0 Å². The molecule has 7 heteroatoms. The highest BCUT2D eigenvalue weighted by molar-refractivity contribution is 5.77. The molecule has 2 amide bonds. The van der Waals surface area contributed by atoms with Crippen molar-refractivity contribution in [1.82, 2.24) is 9.80 Å². The molecule has 0 bridgehead atoms. The summed E-state index contributed by atoms with van der Waals surface area (Å²) in [5.74, 6) is 0.0254. The molecule has 0 aromatic carbocycles. The first-order valence-corrected chi connectivity index (χ1v) is 21.6. The maximum atomic E-state index is 13.1. The number of unbranched alkanes of at least 4 members (excludes halogenated alkanes) is 23. The van der Waals surface area contributed by atoms with E-state index in [0.29, 0.717) is 38.8 Å². The Morgan fingerprint density at radius 3 is 1.08 bits per heavy atom. The molecule has 50 heavy (non-hydrogen) atoms. The molecule has 3 N–H and O–H groups in total. The van der Waals surface area contributed by atoms with Gasteiger partial charge < -0.3 is 25.1 Å². The highest BCUT2D eigenvalue weighted by Crippen LogP contribution is 2.15. The lowest BCUT2D eigenvalue weighted by Gasteiger charge is -2.29. The third-order valence-corrected chi connectivity index (χ3v) is 9.89. The Morgan fingerprint density at radius 2 is 0.760 bits per heavy atom. The van der Waals surface area contributed by atoms with Gasteiger partial charge in [0.1, 0.15) is 0 Å². The summed E-state index contributed by atoms with van der Waals surface area (Å²) >= 11 is 0. The first kappa shape index (κ1) is 48.6. The van der Waals surface area contributed by atoms with Crippen LogP contribution in [0.2, 0.25) is 0 Å². The molecule has 1 atom stereocenters. The number of aliphatic hydroxyl groups is 3. The summed E-state index contributed by atoms with van der Waals surface area (Å²) in [4.78, 5) is 29.5. The minimum Gasteiger partial charge on any atom is -0.396 e. The van der Waals surface area contributed by atoms with E-state index >= 15 is 0 Å². The lowest BCUT2D eigenvalue weighted by Crippen LogP contribution is -2.45. The first-order chi connectivity index (χ1) is 24.5. The van der Waals surface area contributed by atoms with Crippen LogP contribution in [-0.4, -0.2) is 82.4 Å². The van der Waals surface area contributed by atoms with E-state index in [0.717, 1.165) is 44.9 Å². The third-order valence-electron chi connectivity index (χ3n) is 9.89. The molecule has 296 valence electrons. The maximum absolute atomic E-state index is 13.1. The van der Waals surface area contributed by atoms with Gasteiger partial charge in [-0.15, -0.1) is 0 Å². The molecular formula is C43H84N2O5. The van der Waals surface area contributed by atoms with Gasteiger partial charge in [-0.1, -0.05) is 154 Å². The fraction of sp³-hybridized carbons (Fsp3) is 0.907. The van der Waals surface area contributed by atoms with Gasteiger partial charge in [-0.25, -0.2) is 0 Å². The Hall–Kier alpha value is -1.44. The lowest BCUT2D eigenvalue weighted by molar-refractivity contribution is -0.135. The summed E-state index contributed by atoms with van der Waals surface area (Å²) in [6.07, 6.45) is 37.8. The fourth-order valence-corrected chi connectivity index (χ4v) is 6.68. The van der Waals surface area contributed by atoms with Crippen molar-refractivity contribution in [3.63, 3.8) is 0 Å². The number of carbonyl (C=O) groups excluding carboxylic acids is 2. The summed E-state index contributed by atoms with van der Waals surface area (Å²) in [5, 5.41) is 29.8. The predicted octanol–water partition coefficient (Wildman–Crippen LogP) is 10.3. The summed E-state index contributed by atoms with van der Waals surface area (Å²) in [7, 11) is 0. The molecule has 0 aromatic heterocycles. The van der Waals surface area contributed by atoms with E-state index in [-0.39, 0.29) is 38.1 Å². The molecule has 0 spiro atoms. The molecule has 0 aromatic rings. The second-order valence-electron chi connectivity index (χ2n) is 14.8. The van der Waals surface area contributed by atoms with Gasteiger partial charge in [-0.05, 0) is 51.4 Å². The maximum Gasteiger partial charge on any atom is 0.222 e. The molecule has 0 rings (SSSR count). The molecule has 0 aliphatic rings. The second-order valence-corrected chi connectivity index (χ2v) is 14.8. The summed E-state index contributed by atoms with van der Waals surface area (Å²) < 4.78 is 0. The average molecular weight is 709 g/mol. The van der Waals surface area contributed by atoms with Crippen LogP contribution in [0, 0.1) is 0 Å². The minimum absolute atomic E-state index is 0.00428. The number of carbonyl (C=O) groups is 2. The number of aliphatic hydroxyl groups excluding tert-OH is 3. The second kappa shape index (κ2) is 38.8. The van der Waals surface area contributed by atoms with Gasteiger partial charge >= 0.3 is 0 Å². The molecule has 7 nitrogen and oxygen atoms in total. The minimum atomic E-state index is -0.860. The highest BCUT2D eigenvalue weighted by Gasteiger charge is 2.21. The van der Waals surface area contributed by atoms with E-state index in [1.54, 1.807) is 9.80 Å². The quantitative estimate of drug-likeness (QED) is 0.0436. The van der Waals surface area contributed by atoms with Crippen molar-refractivity contribution in [3.05, 3.63) is 12.2 Å². The zero-order valence-electron chi connectivity index (χ0n) is 33.2. The molecule has 0 aliphatic heterocycles. The number of nitrogens with zero attached hydrogens (tertiary/aromatic N) is 2. The molecule has 0 aliphatic carbocycles. The number of amides is 2. The fourth-order valence-electron chi connectivity index (χ4n) is 6.68. The average Bonchev–Trinajstić information content (AvgIpc) is 3.11. The van der Waals surface area contributed by atoms with Crippen LogP contribution in [0.15, 0.2) is 12.2 Å². The van der Waals surface area contributed by atoms with Crippen LogP contribution >= 0.6 is 0 Å². The number of rotatable bonds is 39. The molecule has 1 unspecified atom stereocenters. The molecule has 0 heterocycles. The van der Waals surface area contributed by atoms with Gasteiger partial charge in [0.05, 0.1) is 6.10 Å². The zero-order valence-corrected chi connectivity index (χ0v) is 33.2. The van der Waals surface area contributed by atoms with Gasteiger partial charge in [0, 0.05) is 52.2 Å². The lowest BCUT2D eigenvalue weighted by atomic mass is 10.0. The van der Waals surface area contributed by atoms with E-state index in [1.807, 2.05) is 0 Å². The largest absolute Gasteiger partial charge is 0.396 e. The van der Waals surface area contributed by atoms with E-state index in [2.05, 4.69) is 26.0 Å². The van der Waals surface area contributed by atoms with Crippen molar-refractivity contribution in [2.75, 3.05) is 39.4 Å². The molecule has 0 saturated carbocycles. The van der Waals surface area contributed by atoms with Crippen molar-refractivity contribution in [3.8, 4) is 0 Å². The van der Waals surface area contributed by atoms with Crippen molar-refractivity contribution in [1.29, 1.82) is 0 Å². The van der Waals surface area contributed by atoms with Gasteiger partial charge in [0.25, 0.3) is 0 Å². The van der Waals surface area contributed by atoms with Gasteiger partial charge in [-0.2, -0.15) is 0 Å². The summed E-state index contributed by atoms with van der Waals surface area (Å²) in [5.41, 5.74) is 0. The zero-order chi connectivity index (χ0) is 36.8. The van der Waals surface area contributed by atoms with Gasteiger partial charge in [0.15, 0.2) is 0 Å². The van der Waals surface area contributed by atoms with Crippen molar-refractivity contribution in [2.45, 2.75) is 213 Å². The molecule has 0 saturated heterocycles. The molecular weight excluding hydrogens is 624 g/mol. The normalized spacial score (nSPS) is 12.2. The Morgan fingerprint density at radius 1 is 0.460 bits per heavy atom. The monoisotopic (exact) mass is 709 g/mol. The van der Waals surface area contributed by atoms with E-state index in [9.17, 15) is 24.9 Å². The van der Waals surface area contributed by atoms with E-state index < -0.39 is 6.10 Å². The van der Waals surface area contributed by atoms with E-state index in [1.165, 1.54) is 122 Å². The number of allylic oxidation sites excluding steroid dienone is 2. The number of hydrogen-bond acceptors (Lipinski definition) is 5. The third kappa shape index (κ3) is 32.5. The topological polar surface area (TPSA) is 101 Å². The van der Waals surface area contributed by atoms with Crippen molar-refractivity contribution < 1.29 is 24.9 Å².